The van der Waals surface area contributed by atoms with Crippen molar-refractivity contribution in [3.05, 3.63) is 83.3 Å². The molecule has 7 heteroatoms. The van der Waals surface area contributed by atoms with E-state index < -0.39 is 0 Å². The number of nitrogens with zero attached hydrogens (tertiary/aromatic N) is 3. The normalized spacial score (nSPS) is 14.3. The molecule has 1 aliphatic rings. The molecular weight excluding hydrogens is 422 g/mol. The quantitative estimate of drug-likeness (QED) is 0.621. The van der Waals surface area contributed by atoms with Gasteiger partial charge in [-0.25, -0.2) is 4.99 Å². The molecule has 0 saturated heterocycles. The number of rotatable bonds is 2. The largest absolute Gasteiger partial charge is 0.334 e. The Labute approximate surface area is 161 Å². The van der Waals surface area contributed by atoms with Gasteiger partial charge in [0.1, 0.15) is 13.3 Å². The van der Waals surface area contributed by atoms with E-state index in [2.05, 4.69) is 20.9 Å². The van der Waals surface area contributed by atoms with Crippen molar-refractivity contribution < 1.29 is 0 Å². The lowest BCUT2D eigenvalue weighted by atomic mass is 10.2. The second-order valence-electron chi connectivity index (χ2n) is 5.64. The maximum Gasteiger partial charge on any atom is 0.271 e. The lowest BCUT2D eigenvalue weighted by Crippen LogP contribution is -2.42. The highest BCUT2D eigenvalue weighted by atomic mass is 79.9. The minimum absolute atomic E-state index is 0.0117. The van der Waals surface area contributed by atoms with Crippen molar-refractivity contribution in [3.63, 3.8) is 0 Å². The molecule has 0 atom stereocenters. The topological polar surface area (TPSA) is 37.6 Å². The Bertz CT molecular complexity index is 1100. The number of fused-ring (bicyclic) bond motifs is 1. The number of halogens is 2. The molecule has 2 aromatic carbocycles. The fourth-order valence-corrected chi connectivity index (χ4v) is 4.18. The average Bonchev–Trinajstić information content (AvgIpc) is 2.91. The predicted molar refractivity (Wildman–Crippen MR) is 106 cm³/mol. The molecule has 0 unspecified atom stereocenters. The lowest BCUT2D eigenvalue weighted by Gasteiger charge is -2.25. The second kappa shape index (κ2) is 6.78. The third-order valence-corrected chi connectivity index (χ3v) is 5.70. The maximum absolute atomic E-state index is 12.8. The van der Waals surface area contributed by atoms with Crippen LogP contribution in [0.1, 0.15) is 5.56 Å². The zero-order valence-corrected chi connectivity index (χ0v) is 16.2. The SMILES string of the molecule is O=c1/c(=C/c2cccc(Br)c2)sc2n1CN(c1ccc(Cl)cc1)CN=2. The molecule has 0 amide bonds. The number of benzene rings is 2. The first-order valence-corrected chi connectivity index (χ1v) is 9.61. The van der Waals surface area contributed by atoms with Gasteiger partial charge in [-0.1, -0.05) is 51.0 Å². The Kier molecular flexibility index (Phi) is 4.50. The van der Waals surface area contributed by atoms with Gasteiger partial charge in [0.15, 0.2) is 4.80 Å². The maximum atomic E-state index is 12.8. The van der Waals surface area contributed by atoms with Gasteiger partial charge in [-0.3, -0.25) is 9.36 Å². The first kappa shape index (κ1) is 16.6. The van der Waals surface area contributed by atoms with E-state index in [0.717, 1.165) is 20.5 Å². The summed E-state index contributed by atoms with van der Waals surface area (Å²) in [5, 5.41) is 0.692. The van der Waals surface area contributed by atoms with Crippen LogP contribution in [0, 0.1) is 0 Å². The number of aromatic nitrogens is 1. The van der Waals surface area contributed by atoms with Crippen LogP contribution in [0.2, 0.25) is 5.02 Å². The van der Waals surface area contributed by atoms with E-state index in [9.17, 15) is 4.79 Å². The van der Waals surface area contributed by atoms with Crippen molar-refractivity contribution >= 4 is 50.6 Å². The molecular formula is C18H13BrClN3OS. The number of hydrogen-bond acceptors (Lipinski definition) is 4. The van der Waals surface area contributed by atoms with E-state index in [0.29, 0.717) is 22.9 Å². The summed E-state index contributed by atoms with van der Waals surface area (Å²) in [4.78, 5) is 20.1. The zero-order chi connectivity index (χ0) is 17.4. The fraction of sp³-hybridized carbons (Fsp3) is 0.111. The number of hydrogen-bond donors (Lipinski definition) is 0. The first-order chi connectivity index (χ1) is 12.1. The van der Waals surface area contributed by atoms with E-state index >= 15 is 0 Å². The zero-order valence-electron chi connectivity index (χ0n) is 13.0. The molecule has 0 aliphatic carbocycles. The minimum atomic E-state index is -0.0117. The third-order valence-electron chi connectivity index (χ3n) is 3.92. The Hall–Kier alpha value is -1.89. The van der Waals surface area contributed by atoms with Crippen molar-refractivity contribution in [2.75, 3.05) is 11.6 Å². The molecule has 126 valence electrons. The molecule has 25 heavy (non-hydrogen) atoms. The van der Waals surface area contributed by atoms with Crippen molar-refractivity contribution in [3.8, 4) is 0 Å². The van der Waals surface area contributed by atoms with Crippen LogP contribution in [0.5, 0.6) is 0 Å². The van der Waals surface area contributed by atoms with Gasteiger partial charge in [0.2, 0.25) is 0 Å². The van der Waals surface area contributed by atoms with Gasteiger partial charge in [0, 0.05) is 15.2 Å². The summed E-state index contributed by atoms with van der Waals surface area (Å²) < 4.78 is 3.39. The molecule has 2 heterocycles. The number of anilines is 1. The van der Waals surface area contributed by atoms with Gasteiger partial charge in [-0.15, -0.1) is 0 Å². The van der Waals surface area contributed by atoms with E-state index in [1.54, 1.807) is 4.57 Å². The van der Waals surface area contributed by atoms with Crippen LogP contribution in [0.3, 0.4) is 0 Å². The minimum Gasteiger partial charge on any atom is -0.334 e. The summed E-state index contributed by atoms with van der Waals surface area (Å²) in [6.07, 6.45) is 1.91. The Balaban J connectivity index is 1.71. The standard InChI is InChI=1S/C18H13BrClN3OS/c19-13-3-1-2-12(8-13)9-16-17(24)23-11-22(10-21-18(23)25-16)15-6-4-14(20)5-7-15/h1-9H,10-11H2/b16-9-. The Morgan fingerprint density at radius 1 is 1.20 bits per heavy atom. The Morgan fingerprint density at radius 3 is 2.76 bits per heavy atom. The van der Waals surface area contributed by atoms with Crippen LogP contribution in [0.25, 0.3) is 6.08 Å². The van der Waals surface area contributed by atoms with E-state index in [1.165, 1.54) is 11.3 Å². The molecule has 0 spiro atoms. The van der Waals surface area contributed by atoms with Crippen LogP contribution >= 0.6 is 38.9 Å². The summed E-state index contributed by atoms with van der Waals surface area (Å²) in [6.45, 7) is 1.01. The molecule has 1 aromatic heterocycles. The second-order valence-corrected chi connectivity index (χ2v) is 8.00. The van der Waals surface area contributed by atoms with Gasteiger partial charge in [-0.05, 0) is 48.0 Å². The molecule has 0 bridgehead atoms. The number of thiazole rings is 1. The molecule has 4 rings (SSSR count). The Morgan fingerprint density at radius 2 is 2.00 bits per heavy atom. The van der Waals surface area contributed by atoms with E-state index in [-0.39, 0.29) is 5.56 Å². The summed E-state index contributed by atoms with van der Waals surface area (Å²) in [5.74, 6) is 0. The van der Waals surface area contributed by atoms with E-state index in [4.69, 9.17) is 11.6 Å². The molecule has 4 nitrogen and oxygen atoms in total. The predicted octanol–water partition coefficient (Wildman–Crippen LogP) is 3.21. The molecule has 3 aromatic rings. The highest BCUT2D eigenvalue weighted by Gasteiger charge is 2.15. The fourth-order valence-electron chi connectivity index (χ4n) is 2.67. The monoisotopic (exact) mass is 433 g/mol. The van der Waals surface area contributed by atoms with Gasteiger partial charge in [0.05, 0.1) is 4.53 Å². The molecule has 0 N–H and O–H groups in total. The van der Waals surface area contributed by atoms with Crippen LogP contribution in [-0.4, -0.2) is 11.2 Å². The summed E-state index contributed by atoms with van der Waals surface area (Å²) in [6, 6.07) is 15.4. The molecule has 0 saturated carbocycles. The van der Waals surface area contributed by atoms with Crippen molar-refractivity contribution in [1.82, 2.24) is 4.57 Å². The molecule has 0 radical (unpaired) electrons. The smallest absolute Gasteiger partial charge is 0.271 e. The van der Waals surface area contributed by atoms with Gasteiger partial charge in [0.25, 0.3) is 5.56 Å². The highest BCUT2D eigenvalue weighted by Crippen LogP contribution is 2.19. The van der Waals surface area contributed by atoms with Gasteiger partial charge in [-0.2, -0.15) is 0 Å². The van der Waals surface area contributed by atoms with Gasteiger partial charge >= 0.3 is 0 Å². The summed E-state index contributed by atoms with van der Waals surface area (Å²) in [5.41, 5.74) is 1.97. The van der Waals surface area contributed by atoms with Gasteiger partial charge < -0.3 is 4.90 Å². The van der Waals surface area contributed by atoms with Crippen molar-refractivity contribution in [2.24, 2.45) is 4.99 Å². The highest BCUT2D eigenvalue weighted by molar-refractivity contribution is 9.10. The first-order valence-electron chi connectivity index (χ1n) is 7.62. The van der Waals surface area contributed by atoms with Crippen molar-refractivity contribution in [2.45, 2.75) is 6.67 Å². The van der Waals surface area contributed by atoms with Crippen molar-refractivity contribution in [1.29, 1.82) is 0 Å². The summed E-state index contributed by atoms with van der Waals surface area (Å²) >= 11 is 10.8. The molecule has 1 aliphatic heterocycles. The molecule has 0 fully saturated rings. The van der Waals surface area contributed by atoms with Crippen LogP contribution in [-0.2, 0) is 6.67 Å². The van der Waals surface area contributed by atoms with Crippen LogP contribution in [0.4, 0.5) is 5.69 Å². The van der Waals surface area contributed by atoms with Crippen LogP contribution in [0.15, 0.2) is 62.8 Å². The summed E-state index contributed by atoms with van der Waals surface area (Å²) in [7, 11) is 0. The lowest BCUT2D eigenvalue weighted by molar-refractivity contribution is 0.569. The van der Waals surface area contributed by atoms with E-state index in [1.807, 2.05) is 59.5 Å². The van der Waals surface area contributed by atoms with Crippen LogP contribution < -0.4 is 19.8 Å². The average molecular weight is 435 g/mol. The third kappa shape index (κ3) is 3.42.